The van der Waals surface area contributed by atoms with Crippen LogP contribution in [0.1, 0.15) is 44.2 Å². The van der Waals surface area contributed by atoms with Crippen molar-refractivity contribution < 1.29 is 0 Å². The number of piperidine rings is 1. The predicted octanol–water partition coefficient (Wildman–Crippen LogP) is 2.95. The molecule has 1 heterocycles. The van der Waals surface area contributed by atoms with Crippen molar-refractivity contribution in [2.45, 2.75) is 58.2 Å². The van der Waals surface area contributed by atoms with E-state index in [9.17, 15) is 0 Å². The third kappa shape index (κ3) is 3.12. The van der Waals surface area contributed by atoms with Gasteiger partial charge in [-0.1, -0.05) is 30.7 Å². The lowest BCUT2D eigenvalue weighted by atomic mass is 9.96. The van der Waals surface area contributed by atoms with Gasteiger partial charge in [-0.15, -0.1) is 0 Å². The van der Waals surface area contributed by atoms with Crippen molar-refractivity contribution in [3.63, 3.8) is 0 Å². The van der Waals surface area contributed by atoms with Gasteiger partial charge >= 0.3 is 0 Å². The summed E-state index contributed by atoms with van der Waals surface area (Å²) in [7, 11) is 0. The van der Waals surface area contributed by atoms with Gasteiger partial charge in [0, 0.05) is 25.2 Å². The van der Waals surface area contributed by atoms with Crippen molar-refractivity contribution in [2.75, 3.05) is 6.54 Å². The lowest BCUT2D eigenvalue weighted by molar-refractivity contribution is 0.105. The molecule has 2 nitrogen and oxygen atoms in total. The Bertz CT molecular complexity index is 365. The molecule has 1 aliphatic heterocycles. The van der Waals surface area contributed by atoms with E-state index in [2.05, 4.69) is 43.0 Å². The van der Waals surface area contributed by atoms with Crippen molar-refractivity contribution in [1.82, 2.24) is 4.90 Å². The topological polar surface area (TPSA) is 29.3 Å². The van der Waals surface area contributed by atoms with Gasteiger partial charge in [-0.05, 0) is 44.2 Å². The third-order valence-electron chi connectivity index (χ3n) is 4.35. The Labute approximate surface area is 111 Å². The highest BCUT2D eigenvalue weighted by atomic mass is 15.2. The van der Waals surface area contributed by atoms with Gasteiger partial charge in [-0.2, -0.15) is 0 Å². The SMILES string of the molecule is CC1CCCC(C)N1CCc1ccccc1CN. The van der Waals surface area contributed by atoms with Gasteiger partial charge in [-0.3, -0.25) is 4.90 Å². The molecule has 2 rings (SSSR count). The van der Waals surface area contributed by atoms with E-state index >= 15 is 0 Å². The first-order chi connectivity index (χ1) is 8.72. The zero-order valence-electron chi connectivity index (χ0n) is 11.7. The van der Waals surface area contributed by atoms with E-state index in [1.165, 1.54) is 36.9 Å². The van der Waals surface area contributed by atoms with Crippen LogP contribution in [-0.2, 0) is 13.0 Å². The highest BCUT2D eigenvalue weighted by molar-refractivity contribution is 5.27. The number of rotatable bonds is 4. The molecule has 0 radical (unpaired) electrons. The lowest BCUT2D eigenvalue weighted by Gasteiger charge is -2.39. The van der Waals surface area contributed by atoms with Gasteiger partial charge in [0.25, 0.3) is 0 Å². The van der Waals surface area contributed by atoms with Crippen LogP contribution in [0.5, 0.6) is 0 Å². The Kier molecular flexibility index (Phi) is 4.79. The molecule has 0 bridgehead atoms. The predicted molar refractivity (Wildman–Crippen MR) is 77.5 cm³/mol. The Hall–Kier alpha value is -0.860. The first-order valence-corrected chi connectivity index (χ1v) is 7.25. The van der Waals surface area contributed by atoms with Crippen molar-refractivity contribution in [3.05, 3.63) is 35.4 Å². The maximum absolute atomic E-state index is 5.80. The zero-order valence-corrected chi connectivity index (χ0v) is 11.7. The number of hydrogen-bond acceptors (Lipinski definition) is 2. The van der Waals surface area contributed by atoms with E-state index < -0.39 is 0 Å². The van der Waals surface area contributed by atoms with Crippen LogP contribution in [0.3, 0.4) is 0 Å². The Balaban J connectivity index is 1.97. The van der Waals surface area contributed by atoms with Crippen LogP contribution in [0.2, 0.25) is 0 Å². The quantitative estimate of drug-likeness (QED) is 0.885. The van der Waals surface area contributed by atoms with Crippen LogP contribution in [-0.4, -0.2) is 23.5 Å². The van der Waals surface area contributed by atoms with Crippen LogP contribution in [0, 0.1) is 0 Å². The normalized spacial score (nSPS) is 25.3. The summed E-state index contributed by atoms with van der Waals surface area (Å²) >= 11 is 0. The fourth-order valence-electron chi connectivity index (χ4n) is 3.17. The standard InChI is InChI=1S/C16H26N2/c1-13-6-5-7-14(2)18(13)11-10-15-8-3-4-9-16(15)12-17/h3-4,8-9,13-14H,5-7,10-12,17H2,1-2H3. The summed E-state index contributed by atoms with van der Waals surface area (Å²) in [5.74, 6) is 0. The second-order valence-electron chi connectivity index (χ2n) is 5.59. The molecule has 1 aromatic carbocycles. The minimum atomic E-state index is 0.654. The maximum Gasteiger partial charge on any atom is 0.0180 e. The molecule has 2 N–H and O–H groups in total. The number of likely N-dealkylation sites (tertiary alicyclic amines) is 1. The number of nitrogens with two attached hydrogens (primary N) is 1. The van der Waals surface area contributed by atoms with Crippen LogP contribution < -0.4 is 5.73 Å². The summed E-state index contributed by atoms with van der Waals surface area (Å²) in [5, 5.41) is 0. The molecule has 2 unspecified atom stereocenters. The lowest BCUT2D eigenvalue weighted by Crippen LogP contribution is -2.44. The summed E-state index contributed by atoms with van der Waals surface area (Å²) in [4.78, 5) is 2.66. The molecule has 100 valence electrons. The van der Waals surface area contributed by atoms with Gasteiger partial charge in [0.05, 0.1) is 0 Å². The van der Waals surface area contributed by atoms with Crippen molar-refractivity contribution >= 4 is 0 Å². The molecule has 0 aromatic heterocycles. The molecule has 1 saturated heterocycles. The average molecular weight is 246 g/mol. The smallest absolute Gasteiger partial charge is 0.0180 e. The van der Waals surface area contributed by atoms with E-state index in [1.807, 2.05) is 0 Å². The van der Waals surface area contributed by atoms with Gasteiger partial charge < -0.3 is 5.73 Å². The highest BCUT2D eigenvalue weighted by Crippen LogP contribution is 2.23. The van der Waals surface area contributed by atoms with Crippen LogP contribution >= 0.6 is 0 Å². The molecule has 2 heteroatoms. The molecule has 18 heavy (non-hydrogen) atoms. The second-order valence-corrected chi connectivity index (χ2v) is 5.59. The van der Waals surface area contributed by atoms with Crippen LogP contribution in [0.15, 0.2) is 24.3 Å². The molecule has 1 fully saturated rings. The average Bonchev–Trinajstić information content (AvgIpc) is 2.38. The number of benzene rings is 1. The largest absolute Gasteiger partial charge is 0.326 e. The van der Waals surface area contributed by atoms with Crippen LogP contribution in [0.4, 0.5) is 0 Å². The monoisotopic (exact) mass is 246 g/mol. The minimum absolute atomic E-state index is 0.654. The van der Waals surface area contributed by atoms with Gasteiger partial charge in [-0.25, -0.2) is 0 Å². The van der Waals surface area contributed by atoms with Gasteiger partial charge in [0.2, 0.25) is 0 Å². The number of hydrogen-bond donors (Lipinski definition) is 1. The zero-order chi connectivity index (χ0) is 13.0. The Morgan fingerprint density at radius 3 is 2.33 bits per heavy atom. The summed E-state index contributed by atoms with van der Waals surface area (Å²) in [6, 6.07) is 10.0. The minimum Gasteiger partial charge on any atom is -0.326 e. The van der Waals surface area contributed by atoms with Crippen molar-refractivity contribution in [2.24, 2.45) is 5.73 Å². The summed E-state index contributed by atoms with van der Waals surface area (Å²) in [5.41, 5.74) is 8.52. The summed E-state index contributed by atoms with van der Waals surface area (Å²) in [6.07, 6.45) is 5.21. The highest BCUT2D eigenvalue weighted by Gasteiger charge is 2.24. The van der Waals surface area contributed by atoms with E-state index in [0.717, 1.165) is 18.5 Å². The molecular weight excluding hydrogens is 220 g/mol. The van der Waals surface area contributed by atoms with Gasteiger partial charge in [0.15, 0.2) is 0 Å². The first kappa shape index (κ1) is 13.6. The molecular formula is C16H26N2. The second kappa shape index (κ2) is 6.35. The van der Waals surface area contributed by atoms with E-state index in [-0.39, 0.29) is 0 Å². The number of nitrogens with zero attached hydrogens (tertiary/aromatic N) is 1. The summed E-state index contributed by atoms with van der Waals surface area (Å²) < 4.78 is 0. The molecule has 0 amide bonds. The Morgan fingerprint density at radius 2 is 1.72 bits per heavy atom. The maximum atomic E-state index is 5.80. The van der Waals surface area contributed by atoms with E-state index in [1.54, 1.807) is 0 Å². The van der Waals surface area contributed by atoms with Crippen molar-refractivity contribution in [3.8, 4) is 0 Å². The fourth-order valence-corrected chi connectivity index (χ4v) is 3.17. The molecule has 1 aliphatic rings. The molecule has 0 aliphatic carbocycles. The van der Waals surface area contributed by atoms with Crippen LogP contribution in [0.25, 0.3) is 0 Å². The summed E-state index contributed by atoms with van der Waals surface area (Å²) in [6.45, 7) is 6.55. The third-order valence-corrected chi connectivity index (χ3v) is 4.35. The molecule has 1 aromatic rings. The first-order valence-electron chi connectivity index (χ1n) is 7.25. The van der Waals surface area contributed by atoms with Gasteiger partial charge in [0.1, 0.15) is 0 Å². The van der Waals surface area contributed by atoms with E-state index in [4.69, 9.17) is 5.73 Å². The fraction of sp³-hybridized carbons (Fsp3) is 0.625. The van der Waals surface area contributed by atoms with Crippen molar-refractivity contribution in [1.29, 1.82) is 0 Å². The molecule has 2 atom stereocenters. The Morgan fingerprint density at radius 1 is 1.11 bits per heavy atom. The molecule has 0 spiro atoms. The van der Waals surface area contributed by atoms with E-state index in [0.29, 0.717) is 6.54 Å². The molecule has 0 saturated carbocycles.